The van der Waals surface area contributed by atoms with Crippen molar-refractivity contribution in [1.82, 2.24) is 50.9 Å². The number of aryl methyl sites for hydroxylation is 1. The summed E-state index contributed by atoms with van der Waals surface area (Å²) in [6.45, 7) is 14.9. The van der Waals surface area contributed by atoms with Crippen molar-refractivity contribution < 1.29 is 43.2 Å². The zero-order valence-electron chi connectivity index (χ0n) is 50.1. The summed E-state index contributed by atoms with van der Waals surface area (Å²) in [5.74, 6) is 1.01. The number of amides is 4. The molecule has 1 unspecified atom stereocenters. The lowest BCUT2D eigenvalue weighted by atomic mass is 9.85. The molecule has 0 spiro atoms. The van der Waals surface area contributed by atoms with Crippen LogP contribution in [0.15, 0.2) is 103 Å². The predicted octanol–water partition coefficient (Wildman–Crippen LogP) is 8.40. The average Bonchev–Trinajstić information content (AvgIpc) is 4.45. The molecule has 2 saturated heterocycles. The van der Waals surface area contributed by atoms with E-state index in [1.165, 1.54) is 4.90 Å². The largest absolute Gasteiger partial charge is 0.494 e. The summed E-state index contributed by atoms with van der Waals surface area (Å²) in [5, 5.41) is 32.5. The normalized spacial score (nSPS) is 16.8. The van der Waals surface area contributed by atoms with E-state index < -0.39 is 35.0 Å². The lowest BCUT2D eigenvalue weighted by molar-refractivity contribution is -0.144. The fourth-order valence-corrected chi connectivity index (χ4v) is 11.3. The van der Waals surface area contributed by atoms with E-state index in [1.807, 2.05) is 125 Å². The van der Waals surface area contributed by atoms with Gasteiger partial charge < -0.3 is 60.1 Å². The molecule has 0 aliphatic carbocycles. The van der Waals surface area contributed by atoms with E-state index in [0.29, 0.717) is 64.1 Å². The second kappa shape index (κ2) is 31.3. The van der Waals surface area contributed by atoms with Crippen LogP contribution in [0, 0.1) is 12.3 Å². The van der Waals surface area contributed by atoms with Crippen molar-refractivity contribution in [3.05, 3.63) is 131 Å². The number of piperidine rings is 1. The van der Waals surface area contributed by atoms with E-state index >= 15 is 0 Å². The van der Waals surface area contributed by atoms with Crippen LogP contribution in [-0.4, -0.2) is 155 Å². The number of benzene rings is 3. The molecule has 3 aromatic heterocycles. The van der Waals surface area contributed by atoms with Crippen LogP contribution in [0.4, 0.5) is 5.69 Å². The molecule has 0 saturated carbocycles. The van der Waals surface area contributed by atoms with E-state index in [-0.39, 0.29) is 49.7 Å². The predicted molar refractivity (Wildman–Crippen MR) is 328 cm³/mol. The number of unbranched alkanes of at least 4 members (excludes halogenated alkanes) is 3. The first-order valence-corrected chi connectivity index (χ1v) is 30.7. The number of aliphatic hydroxyl groups is 1. The molecule has 4 atom stereocenters. The Hall–Kier alpha value is -7.14. The molecule has 5 heterocycles. The Balaban J connectivity index is 0.642. The van der Waals surface area contributed by atoms with Crippen LogP contribution in [0.25, 0.3) is 21.8 Å². The van der Waals surface area contributed by atoms with Gasteiger partial charge in [-0.05, 0) is 124 Å². The maximum absolute atomic E-state index is 14.0. The summed E-state index contributed by atoms with van der Waals surface area (Å²) in [7, 11) is 2.12. The topological polar surface area (TPSA) is 247 Å². The van der Waals surface area contributed by atoms with Crippen molar-refractivity contribution in [3.63, 3.8) is 0 Å². The molecule has 6 aromatic rings. The van der Waals surface area contributed by atoms with Gasteiger partial charge in [0, 0.05) is 81.4 Å². The van der Waals surface area contributed by atoms with E-state index in [2.05, 4.69) is 58.4 Å². The van der Waals surface area contributed by atoms with Gasteiger partial charge in [0.15, 0.2) is 11.6 Å². The number of hydrogen-bond donors (Lipinski definition) is 6. The van der Waals surface area contributed by atoms with Gasteiger partial charge >= 0.3 is 0 Å². The van der Waals surface area contributed by atoms with Gasteiger partial charge in [0.1, 0.15) is 17.8 Å². The molecule has 6 N–H and O–H groups in total. The SMILES string of the molecule is Cc1ncsc1-c1ccc(CNC(=O)[C@@H]2C[C@@H](O)CN2C(=O)C(NC(=O)CCCOCCOCCOCCCCCCOc2cccc([C@@H](C)NC(=O)c3cccc(NC4(c5nnc(-c6ccncc6)[nH]5)CCN(C)CC4)c3)c2)C(C)(C)C)cc1. The first-order valence-electron chi connectivity index (χ1n) is 29.8. The van der Waals surface area contributed by atoms with Gasteiger partial charge in [0.25, 0.3) is 5.91 Å². The molecular formula is C64H85N11O9S. The molecule has 0 radical (unpaired) electrons. The van der Waals surface area contributed by atoms with Gasteiger partial charge in [-0.2, -0.15) is 0 Å². The van der Waals surface area contributed by atoms with E-state index in [9.17, 15) is 24.3 Å². The van der Waals surface area contributed by atoms with Gasteiger partial charge in [-0.25, -0.2) is 4.98 Å². The first kappa shape index (κ1) is 63.9. The number of aliphatic hydroxyl groups excluding tert-OH is 1. The number of thiazole rings is 1. The van der Waals surface area contributed by atoms with Crippen LogP contribution >= 0.6 is 11.3 Å². The number of ether oxygens (including phenoxy) is 4. The van der Waals surface area contributed by atoms with Crippen LogP contribution in [0.5, 0.6) is 5.75 Å². The third kappa shape index (κ3) is 18.7. The van der Waals surface area contributed by atoms with E-state index in [0.717, 1.165) is 102 Å². The molecule has 2 fully saturated rings. The smallest absolute Gasteiger partial charge is 0.251 e. The number of pyridine rings is 1. The number of rotatable bonds is 31. The summed E-state index contributed by atoms with van der Waals surface area (Å²) in [4.78, 5) is 71.0. The van der Waals surface area contributed by atoms with Crippen LogP contribution < -0.4 is 26.0 Å². The van der Waals surface area contributed by atoms with Crippen molar-refractivity contribution >= 4 is 40.7 Å². The number of β-amino-alcohol motifs (C(OH)–C–C–N with tert-alkyl or cyclic N) is 1. The Morgan fingerprint density at radius 2 is 1.51 bits per heavy atom. The highest BCUT2D eigenvalue weighted by molar-refractivity contribution is 7.13. The Morgan fingerprint density at radius 1 is 0.812 bits per heavy atom. The first-order chi connectivity index (χ1) is 41.0. The number of aromatic nitrogens is 5. The molecule has 20 nitrogen and oxygen atoms in total. The van der Waals surface area contributed by atoms with E-state index in [4.69, 9.17) is 18.9 Å². The molecule has 0 bridgehead atoms. The molecule has 2 aliphatic heterocycles. The number of carbonyl (C=O) groups excluding carboxylic acids is 4. The van der Waals surface area contributed by atoms with Crippen LogP contribution in [0.3, 0.4) is 0 Å². The average molecular weight is 1180 g/mol. The lowest BCUT2D eigenvalue weighted by Crippen LogP contribution is -2.57. The second-order valence-corrected chi connectivity index (χ2v) is 24.1. The highest BCUT2D eigenvalue weighted by Gasteiger charge is 2.45. The fourth-order valence-electron chi connectivity index (χ4n) is 10.5. The maximum Gasteiger partial charge on any atom is 0.251 e. The molecule has 21 heteroatoms. The number of likely N-dealkylation sites (tertiary alicyclic amines) is 2. The zero-order valence-corrected chi connectivity index (χ0v) is 50.9. The van der Waals surface area contributed by atoms with Gasteiger partial charge in [0.05, 0.1) is 66.8 Å². The van der Waals surface area contributed by atoms with Crippen LogP contribution in [0.1, 0.15) is 125 Å². The summed E-state index contributed by atoms with van der Waals surface area (Å²) < 4.78 is 23.3. The standard InChI is InChI=1S/C64H85N11O9S/c1-44(68-59(78)50-15-11-16-51(38-50)71-64(25-29-74(6)30-26-64)62-70-58(72-73-62)48-23-27-65-28-24-48)49-14-12-17-53(39-49)84-33-10-8-7-9-31-81-34-36-83-37-35-82-32-13-18-55(77)69-57(63(3,4)5)61(80)75-42-52(76)40-54(75)60(79)66-41-46-19-21-47(22-20-46)56-45(2)67-43-85-56/h11-12,14-17,19-24,27-28,38-39,43-44,52,54,57,71,76H,7-10,13,18,25-26,29-37,40-42H2,1-6H3,(H,66,79)(H,68,78)(H,69,77)(H,70,72,73)/t44-,52-,54+,57?/m1/s1. The minimum Gasteiger partial charge on any atom is -0.494 e. The highest BCUT2D eigenvalue weighted by Crippen LogP contribution is 2.36. The second-order valence-electron chi connectivity index (χ2n) is 23.3. The molecular weight excluding hydrogens is 1100 g/mol. The maximum atomic E-state index is 14.0. The third-order valence-electron chi connectivity index (χ3n) is 15.5. The van der Waals surface area contributed by atoms with Crippen molar-refractivity contribution in [1.29, 1.82) is 0 Å². The van der Waals surface area contributed by atoms with E-state index in [1.54, 1.807) is 23.7 Å². The van der Waals surface area contributed by atoms with Crippen LogP contribution in [0.2, 0.25) is 0 Å². The fraction of sp³-hybridized carbons (Fsp3) is 0.500. The van der Waals surface area contributed by atoms with Crippen LogP contribution in [-0.2, 0) is 40.7 Å². The summed E-state index contributed by atoms with van der Waals surface area (Å²) >= 11 is 1.58. The minimum absolute atomic E-state index is 0.00739. The van der Waals surface area contributed by atoms with Crippen molar-refractivity contribution in [3.8, 4) is 27.6 Å². The molecule has 456 valence electrons. The number of anilines is 1. The molecule has 2 aliphatic rings. The molecule has 8 rings (SSSR count). The lowest BCUT2D eigenvalue weighted by Gasteiger charge is -2.40. The quantitative estimate of drug-likeness (QED) is 0.0224. The molecule has 3 aromatic carbocycles. The Morgan fingerprint density at radius 3 is 2.21 bits per heavy atom. The van der Waals surface area contributed by atoms with Gasteiger partial charge in [-0.15, -0.1) is 21.5 Å². The third-order valence-corrected chi connectivity index (χ3v) is 16.5. The number of carbonyl (C=O) groups is 4. The number of H-pyrrole nitrogens is 1. The zero-order chi connectivity index (χ0) is 60.2. The van der Waals surface area contributed by atoms with Gasteiger partial charge in [0.2, 0.25) is 17.7 Å². The van der Waals surface area contributed by atoms with Gasteiger partial charge in [-0.1, -0.05) is 69.7 Å². The Bertz CT molecular complexity index is 3070. The summed E-state index contributed by atoms with van der Waals surface area (Å²) in [6.07, 6.45) is 8.84. The Kier molecular flexibility index (Phi) is 23.5. The van der Waals surface area contributed by atoms with Crippen molar-refractivity contribution in [2.45, 2.75) is 129 Å². The number of nitrogens with one attached hydrogen (secondary N) is 5. The minimum atomic E-state index is -0.901. The summed E-state index contributed by atoms with van der Waals surface area (Å²) in [5.41, 5.74) is 6.85. The monoisotopic (exact) mass is 1180 g/mol. The molecule has 4 amide bonds. The summed E-state index contributed by atoms with van der Waals surface area (Å²) in [6, 6.07) is 25.2. The highest BCUT2D eigenvalue weighted by atomic mass is 32.1. The van der Waals surface area contributed by atoms with Gasteiger partial charge in [-0.3, -0.25) is 24.2 Å². The Labute approximate surface area is 503 Å². The van der Waals surface area contributed by atoms with Crippen molar-refractivity contribution in [2.75, 3.05) is 78.2 Å². The number of aromatic amines is 1. The van der Waals surface area contributed by atoms with Crippen molar-refractivity contribution in [2.24, 2.45) is 5.41 Å². The molecule has 85 heavy (non-hydrogen) atoms. The number of nitrogens with zero attached hydrogens (tertiary/aromatic N) is 6. The number of hydrogen-bond acceptors (Lipinski definition) is 16.